The third-order valence-electron chi connectivity index (χ3n) is 4.78. The maximum Gasteiger partial charge on any atom is 0.309 e. The molecule has 0 saturated carbocycles. The van der Waals surface area contributed by atoms with Crippen molar-refractivity contribution in [1.29, 1.82) is 0 Å². The number of fused-ring (bicyclic) bond motifs is 1. The number of nitrogens with zero attached hydrogens (tertiary/aromatic N) is 3. The molecule has 1 N–H and O–H groups in total. The minimum absolute atomic E-state index is 0. The summed E-state index contributed by atoms with van der Waals surface area (Å²) in [6, 6.07) is 10.2. The van der Waals surface area contributed by atoms with Gasteiger partial charge >= 0.3 is 5.97 Å². The van der Waals surface area contributed by atoms with Gasteiger partial charge in [-0.05, 0) is 31.4 Å². The first-order valence-electron chi connectivity index (χ1n) is 9.17. The first kappa shape index (κ1) is 21.4. The number of hydrogen-bond acceptors (Lipinski definition) is 4. The number of esters is 1. The second-order valence-corrected chi connectivity index (χ2v) is 6.41. The number of carbonyl (C=O) groups is 1. The molecule has 27 heavy (non-hydrogen) atoms. The van der Waals surface area contributed by atoms with Crippen LogP contribution < -0.4 is 5.32 Å². The molecular weight excluding hydrogens is 455 g/mol. The van der Waals surface area contributed by atoms with E-state index in [1.54, 1.807) is 7.05 Å². The number of likely N-dealkylation sites (tertiary alicyclic amines) is 1. The number of piperidine rings is 1. The standard InChI is InChI=1S/C20H26N4O2.HI/c1-3-26-19(25)16-9-12-24(13-10-16)20(21-2)23-14-17-7-4-6-15-8-5-11-22-18(15)17;/h4-8,11,16H,3,9-10,12-14H2,1-2H3,(H,21,23);1H. The van der Waals surface area contributed by atoms with Crippen molar-refractivity contribution in [3.8, 4) is 0 Å². The lowest BCUT2D eigenvalue weighted by atomic mass is 9.97. The van der Waals surface area contributed by atoms with Crippen molar-refractivity contribution in [2.75, 3.05) is 26.7 Å². The highest BCUT2D eigenvalue weighted by Crippen LogP contribution is 2.19. The van der Waals surface area contributed by atoms with Crippen LogP contribution in [0, 0.1) is 5.92 Å². The van der Waals surface area contributed by atoms with Crippen LogP contribution in [0.15, 0.2) is 41.5 Å². The summed E-state index contributed by atoms with van der Waals surface area (Å²) in [6.07, 6.45) is 3.42. The number of benzene rings is 1. The van der Waals surface area contributed by atoms with Crippen LogP contribution in [-0.4, -0.2) is 48.6 Å². The lowest BCUT2D eigenvalue weighted by molar-refractivity contribution is -0.149. The van der Waals surface area contributed by atoms with E-state index < -0.39 is 0 Å². The number of halogens is 1. The van der Waals surface area contributed by atoms with E-state index in [-0.39, 0.29) is 35.9 Å². The van der Waals surface area contributed by atoms with Crippen molar-refractivity contribution in [2.24, 2.45) is 10.9 Å². The highest BCUT2D eigenvalue weighted by Gasteiger charge is 2.27. The topological polar surface area (TPSA) is 66.8 Å². The van der Waals surface area contributed by atoms with Crippen LogP contribution in [0.1, 0.15) is 25.3 Å². The predicted octanol–water partition coefficient (Wildman–Crippen LogP) is 3.20. The van der Waals surface area contributed by atoms with Crippen molar-refractivity contribution < 1.29 is 9.53 Å². The molecule has 6 nitrogen and oxygen atoms in total. The monoisotopic (exact) mass is 482 g/mol. The third-order valence-corrected chi connectivity index (χ3v) is 4.78. The second-order valence-electron chi connectivity index (χ2n) is 6.41. The number of para-hydroxylation sites is 1. The summed E-state index contributed by atoms with van der Waals surface area (Å²) in [5, 5.41) is 4.57. The van der Waals surface area contributed by atoms with Gasteiger partial charge < -0.3 is 15.0 Å². The minimum Gasteiger partial charge on any atom is -0.466 e. The molecule has 7 heteroatoms. The number of carbonyl (C=O) groups excluding carboxylic acids is 1. The highest BCUT2D eigenvalue weighted by molar-refractivity contribution is 14.0. The van der Waals surface area contributed by atoms with Gasteiger partial charge in [-0.1, -0.05) is 24.3 Å². The number of aliphatic imine (C=N–C) groups is 1. The molecule has 0 atom stereocenters. The summed E-state index contributed by atoms with van der Waals surface area (Å²) in [7, 11) is 1.79. The van der Waals surface area contributed by atoms with Gasteiger partial charge in [0.1, 0.15) is 0 Å². The summed E-state index contributed by atoms with van der Waals surface area (Å²) in [5.74, 6) is 0.795. The Morgan fingerprint density at radius 3 is 2.74 bits per heavy atom. The molecule has 0 bridgehead atoms. The van der Waals surface area contributed by atoms with E-state index >= 15 is 0 Å². The Morgan fingerprint density at radius 1 is 1.30 bits per heavy atom. The molecule has 0 spiro atoms. The van der Waals surface area contributed by atoms with Crippen LogP contribution in [-0.2, 0) is 16.1 Å². The van der Waals surface area contributed by atoms with Gasteiger partial charge in [0.15, 0.2) is 5.96 Å². The van der Waals surface area contributed by atoms with Crippen LogP contribution in [0.3, 0.4) is 0 Å². The molecule has 1 fully saturated rings. The molecule has 1 aliphatic heterocycles. The Bertz CT molecular complexity index is 783. The van der Waals surface area contributed by atoms with Crippen LogP contribution >= 0.6 is 24.0 Å². The van der Waals surface area contributed by atoms with E-state index in [1.807, 2.05) is 19.2 Å². The number of pyridine rings is 1. The largest absolute Gasteiger partial charge is 0.466 e. The number of hydrogen-bond donors (Lipinski definition) is 1. The van der Waals surface area contributed by atoms with E-state index in [4.69, 9.17) is 4.74 Å². The van der Waals surface area contributed by atoms with Crippen molar-refractivity contribution in [1.82, 2.24) is 15.2 Å². The Balaban J connectivity index is 0.00000261. The molecule has 146 valence electrons. The van der Waals surface area contributed by atoms with E-state index in [0.717, 1.165) is 48.4 Å². The summed E-state index contributed by atoms with van der Waals surface area (Å²) < 4.78 is 5.14. The maximum atomic E-state index is 11.9. The smallest absolute Gasteiger partial charge is 0.309 e. The van der Waals surface area contributed by atoms with Crippen molar-refractivity contribution in [3.63, 3.8) is 0 Å². The van der Waals surface area contributed by atoms with Crippen molar-refractivity contribution in [2.45, 2.75) is 26.3 Å². The lowest BCUT2D eigenvalue weighted by Crippen LogP contribution is -2.46. The van der Waals surface area contributed by atoms with E-state index in [1.165, 1.54) is 0 Å². The fraction of sp³-hybridized carbons (Fsp3) is 0.450. The van der Waals surface area contributed by atoms with Gasteiger partial charge in [0.2, 0.25) is 0 Å². The average molecular weight is 482 g/mol. The summed E-state index contributed by atoms with van der Waals surface area (Å²) in [6.45, 7) is 4.56. The van der Waals surface area contributed by atoms with Crippen molar-refractivity contribution >= 4 is 46.8 Å². The minimum atomic E-state index is -0.0723. The van der Waals surface area contributed by atoms with Gasteiger partial charge in [-0.2, -0.15) is 0 Å². The zero-order valence-electron chi connectivity index (χ0n) is 15.9. The molecule has 0 radical (unpaired) electrons. The molecule has 1 saturated heterocycles. The molecule has 2 heterocycles. The summed E-state index contributed by atoms with van der Waals surface area (Å²) in [5.41, 5.74) is 2.16. The van der Waals surface area contributed by atoms with E-state index in [9.17, 15) is 4.79 Å². The molecule has 1 aromatic heterocycles. The Labute approximate surface area is 177 Å². The van der Waals surface area contributed by atoms with Gasteiger partial charge in [-0.25, -0.2) is 0 Å². The van der Waals surface area contributed by atoms with E-state index in [0.29, 0.717) is 13.2 Å². The maximum absolute atomic E-state index is 11.9. The molecule has 0 aliphatic carbocycles. The number of aromatic nitrogens is 1. The number of guanidine groups is 1. The average Bonchev–Trinajstić information content (AvgIpc) is 2.69. The van der Waals surface area contributed by atoms with Crippen LogP contribution in [0.2, 0.25) is 0 Å². The van der Waals surface area contributed by atoms with E-state index in [2.05, 4.69) is 44.5 Å². The Hall–Kier alpha value is -1.90. The molecule has 3 rings (SSSR count). The Morgan fingerprint density at radius 2 is 2.04 bits per heavy atom. The number of rotatable bonds is 4. The van der Waals surface area contributed by atoms with Gasteiger partial charge in [-0.3, -0.25) is 14.8 Å². The first-order valence-corrected chi connectivity index (χ1v) is 9.17. The van der Waals surface area contributed by atoms with Gasteiger partial charge in [0.25, 0.3) is 0 Å². The fourth-order valence-corrected chi connectivity index (χ4v) is 3.40. The summed E-state index contributed by atoms with van der Waals surface area (Å²) in [4.78, 5) is 23.0. The van der Waals surface area contributed by atoms with Gasteiger partial charge in [0.05, 0.1) is 18.0 Å². The number of ether oxygens (including phenoxy) is 1. The molecule has 1 aromatic carbocycles. The van der Waals surface area contributed by atoms with Crippen LogP contribution in [0.4, 0.5) is 0 Å². The molecule has 1 aliphatic rings. The first-order chi connectivity index (χ1) is 12.7. The molecule has 0 unspecified atom stereocenters. The number of nitrogens with one attached hydrogen (secondary N) is 1. The highest BCUT2D eigenvalue weighted by atomic mass is 127. The molecule has 2 aromatic rings. The van der Waals surface area contributed by atoms with Gasteiger partial charge in [0, 0.05) is 38.3 Å². The predicted molar refractivity (Wildman–Crippen MR) is 118 cm³/mol. The second kappa shape index (κ2) is 10.4. The molecular formula is C20H27IN4O2. The fourth-order valence-electron chi connectivity index (χ4n) is 3.40. The van der Waals surface area contributed by atoms with Gasteiger partial charge in [-0.15, -0.1) is 24.0 Å². The third kappa shape index (κ3) is 5.31. The summed E-state index contributed by atoms with van der Waals surface area (Å²) >= 11 is 0. The van der Waals surface area contributed by atoms with Crippen LogP contribution in [0.25, 0.3) is 10.9 Å². The normalized spacial score (nSPS) is 15.3. The molecule has 0 amide bonds. The Kier molecular flexibility index (Phi) is 8.27. The quantitative estimate of drug-likeness (QED) is 0.314. The SMILES string of the molecule is CCOC(=O)C1CCN(C(=NC)NCc2cccc3cccnc23)CC1.I. The van der Waals surface area contributed by atoms with Crippen molar-refractivity contribution in [3.05, 3.63) is 42.1 Å². The zero-order valence-corrected chi connectivity index (χ0v) is 18.2. The zero-order chi connectivity index (χ0) is 18.4. The van der Waals surface area contributed by atoms with Crippen LogP contribution in [0.5, 0.6) is 0 Å². The lowest BCUT2D eigenvalue weighted by Gasteiger charge is -2.33.